The Hall–Kier alpha value is 0.440. The summed E-state index contributed by atoms with van der Waals surface area (Å²) in [6, 6.07) is 0.935. The van der Waals surface area contributed by atoms with Crippen molar-refractivity contribution >= 4 is 15.9 Å². The molecule has 2 saturated carbocycles. The zero-order valence-electron chi connectivity index (χ0n) is 11.0. The van der Waals surface area contributed by atoms with Gasteiger partial charge in [-0.05, 0) is 42.9 Å². The molecule has 0 N–H and O–H groups in total. The second-order valence-electron chi connectivity index (χ2n) is 6.85. The molecule has 0 aromatic carbocycles. The summed E-state index contributed by atoms with van der Waals surface area (Å²) in [5.74, 6) is 1.82. The van der Waals surface area contributed by atoms with Crippen LogP contribution in [0.2, 0.25) is 0 Å². The first-order valence-corrected chi connectivity index (χ1v) is 7.93. The third kappa shape index (κ3) is 3.73. The van der Waals surface area contributed by atoms with Crippen LogP contribution in [-0.2, 0) is 0 Å². The van der Waals surface area contributed by atoms with Crippen molar-refractivity contribution in [2.75, 3.05) is 18.4 Å². The monoisotopic (exact) mass is 287 g/mol. The third-order valence-electron chi connectivity index (χ3n) is 4.12. The quantitative estimate of drug-likeness (QED) is 0.670. The standard InChI is InChI=1S/C14H26BrN/c1-14(2,3)12(8-15)10-16(13-6-7-13)9-11-4-5-11/h11-13H,4-10H2,1-3H3. The Kier molecular flexibility index (Phi) is 4.01. The molecule has 2 aliphatic carbocycles. The molecular weight excluding hydrogens is 262 g/mol. The zero-order chi connectivity index (χ0) is 11.8. The maximum absolute atomic E-state index is 3.70. The molecule has 0 radical (unpaired) electrons. The van der Waals surface area contributed by atoms with E-state index in [0.29, 0.717) is 5.41 Å². The van der Waals surface area contributed by atoms with Crippen LogP contribution in [0.4, 0.5) is 0 Å². The molecule has 2 fully saturated rings. The Morgan fingerprint density at radius 2 is 1.81 bits per heavy atom. The highest BCUT2D eigenvalue weighted by Gasteiger charge is 2.36. The normalized spacial score (nSPS) is 23.8. The third-order valence-corrected chi connectivity index (χ3v) is 4.90. The lowest BCUT2D eigenvalue weighted by Crippen LogP contribution is -2.38. The van der Waals surface area contributed by atoms with Crippen molar-refractivity contribution < 1.29 is 0 Å². The predicted octanol–water partition coefficient (Wildman–Crippen LogP) is 3.92. The summed E-state index contributed by atoms with van der Waals surface area (Å²) in [7, 11) is 0. The summed E-state index contributed by atoms with van der Waals surface area (Å²) in [5.41, 5.74) is 0.431. The minimum absolute atomic E-state index is 0.431. The summed E-state index contributed by atoms with van der Waals surface area (Å²) < 4.78 is 0. The highest BCUT2D eigenvalue weighted by atomic mass is 79.9. The van der Waals surface area contributed by atoms with Crippen LogP contribution in [0.1, 0.15) is 46.5 Å². The van der Waals surface area contributed by atoms with Gasteiger partial charge in [-0.2, -0.15) is 0 Å². The average Bonchev–Trinajstić information content (AvgIpc) is 2.97. The molecule has 2 rings (SSSR count). The van der Waals surface area contributed by atoms with E-state index in [2.05, 4.69) is 41.6 Å². The van der Waals surface area contributed by atoms with Gasteiger partial charge in [0.1, 0.15) is 0 Å². The van der Waals surface area contributed by atoms with E-state index in [9.17, 15) is 0 Å². The predicted molar refractivity (Wildman–Crippen MR) is 74.1 cm³/mol. The van der Waals surface area contributed by atoms with Gasteiger partial charge in [-0.3, -0.25) is 4.90 Å². The SMILES string of the molecule is CC(C)(C)C(CBr)CN(CC1CC1)C1CC1. The zero-order valence-corrected chi connectivity index (χ0v) is 12.6. The van der Waals surface area contributed by atoms with E-state index in [4.69, 9.17) is 0 Å². The van der Waals surface area contributed by atoms with Crippen molar-refractivity contribution in [3.63, 3.8) is 0 Å². The summed E-state index contributed by atoms with van der Waals surface area (Å²) in [6.07, 6.45) is 5.87. The molecule has 0 saturated heterocycles. The molecule has 0 aromatic rings. The van der Waals surface area contributed by atoms with Crippen LogP contribution >= 0.6 is 15.9 Å². The van der Waals surface area contributed by atoms with Crippen LogP contribution in [-0.4, -0.2) is 29.4 Å². The molecule has 1 atom stereocenters. The molecule has 0 bridgehead atoms. The minimum atomic E-state index is 0.431. The van der Waals surface area contributed by atoms with Gasteiger partial charge in [0.25, 0.3) is 0 Å². The molecule has 94 valence electrons. The van der Waals surface area contributed by atoms with E-state index in [-0.39, 0.29) is 0 Å². The van der Waals surface area contributed by atoms with E-state index >= 15 is 0 Å². The Bertz CT molecular complexity index is 225. The fraction of sp³-hybridized carbons (Fsp3) is 1.00. The van der Waals surface area contributed by atoms with Gasteiger partial charge >= 0.3 is 0 Å². The maximum Gasteiger partial charge on any atom is 0.00966 e. The number of hydrogen-bond acceptors (Lipinski definition) is 1. The van der Waals surface area contributed by atoms with Crippen molar-refractivity contribution in [1.82, 2.24) is 4.90 Å². The molecule has 2 heteroatoms. The second-order valence-corrected chi connectivity index (χ2v) is 7.49. The van der Waals surface area contributed by atoms with Crippen molar-refractivity contribution in [2.45, 2.75) is 52.5 Å². The van der Waals surface area contributed by atoms with E-state index in [1.165, 1.54) is 38.8 Å². The summed E-state index contributed by atoms with van der Waals surface area (Å²) >= 11 is 3.70. The molecule has 0 spiro atoms. The number of rotatable bonds is 6. The summed E-state index contributed by atoms with van der Waals surface area (Å²) in [6.45, 7) is 9.81. The van der Waals surface area contributed by atoms with Gasteiger partial charge in [0, 0.05) is 24.5 Å². The first kappa shape index (κ1) is 12.9. The van der Waals surface area contributed by atoms with Crippen molar-refractivity contribution in [1.29, 1.82) is 0 Å². The van der Waals surface area contributed by atoms with E-state index in [1.54, 1.807) is 0 Å². The highest BCUT2D eigenvalue weighted by molar-refractivity contribution is 9.09. The Morgan fingerprint density at radius 3 is 2.19 bits per heavy atom. The van der Waals surface area contributed by atoms with E-state index in [0.717, 1.165) is 23.2 Å². The Morgan fingerprint density at radius 1 is 1.19 bits per heavy atom. The second kappa shape index (κ2) is 4.97. The van der Waals surface area contributed by atoms with Crippen LogP contribution in [0.15, 0.2) is 0 Å². The molecule has 0 aliphatic heterocycles. The largest absolute Gasteiger partial charge is 0.300 e. The first-order chi connectivity index (χ1) is 7.50. The lowest BCUT2D eigenvalue weighted by molar-refractivity contribution is 0.154. The van der Waals surface area contributed by atoms with Crippen LogP contribution < -0.4 is 0 Å². The fourth-order valence-electron chi connectivity index (χ4n) is 2.28. The van der Waals surface area contributed by atoms with Gasteiger partial charge in [-0.15, -0.1) is 0 Å². The number of halogens is 1. The van der Waals surface area contributed by atoms with Gasteiger partial charge in [-0.25, -0.2) is 0 Å². The lowest BCUT2D eigenvalue weighted by atomic mass is 9.81. The maximum atomic E-state index is 3.70. The number of nitrogens with zero attached hydrogens (tertiary/aromatic N) is 1. The smallest absolute Gasteiger partial charge is 0.00966 e. The van der Waals surface area contributed by atoms with Gasteiger partial charge in [0.2, 0.25) is 0 Å². The number of hydrogen-bond donors (Lipinski definition) is 0. The average molecular weight is 288 g/mol. The number of alkyl halides is 1. The molecular formula is C14H26BrN. The fourth-order valence-corrected chi connectivity index (χ4v) is 3.46. The van der Waals surface area contributed by atoms with Gasteiger partial charge < -0.3 is 0 Å². The molecule has 2 aliphatic rings. The van der Waals surface area contributed by atoms with Crippen molar-refractivity contribution in [2.24, 2.45) is 17.3 Å². The summed E-state index contributed by atoms with van der Waals surface area (Å²) in [5, 5.41) is 1.14. The molecule has 16 heavy (non-hydrogen) atoms. The Labute approximate surface area is 109 Å². The molecule has 0 heterocycles. The van der Waals surface area contributed by atoms with Crippen LogP contribution in [0, 0.1) is 17.3 Å². The molecule has 1 unspecified atom stereocenters. The molecule has 0 amide bonds. The van der Waals surface area contributed by atoms with Crippen LogP contribution in [0.25, 0.3) is 0 Å². The minimum Gasteiger partial charge on any atom is -0.300 e. The van der Waals surface area contributed by atoms with E-state index in [1.807, 2.05) is 0 Å². The first-order valence-electron chi connectivity index (χ1n) is 6.80. The van der Waals surface area contributed by atoms with Crippen LogP contribution in [0.3, 0.4) is 0 Å². The topological polar surface area (TPSA) is 3.24 Å². The highest BCUT2D eigenvalue weighted by Crippen LogP contribution is 2.37. The van der Waals surface area contributed by atoms with E-state index < -0.39 is 0 Å². The summed E-state index contributed by atoms with van der Waals surface area (Å²) in [4.78, 5) is 2.79. The molecule has 0 aromatic heterocycles. The van der Waals surface area contributed by atoms with Crippen molar-refractivity contribution in [3.8, 4) is 0 Å². The van der Waals surface area contributed by atoms with Crippen molar-refractivity contribution in [3.05, 3.63) is 0 Å². The lowest BCUT2D eigenvalue weighted by Gasteiger charge is -2.34. The van der Waals surface area contributed by atoms with Crippen LogP contribution in [0.5, 0.6) is 0 Å². The Balaban J connectivity index is 1.86. The van der Waals surface area contributed by atoms with Gasteiger partial charge in [0.15, 0.2) is 0 Å². The molecule has 1 nitrogen and oxygen atoms in total. The van der Waals surface area contributed by atoms with Gasteiger partial charge in [0.05, 0.1) is 0 Å². The van der Waals surface area contributed by atoms with Gasteiger partial charge in [-0.1, -0.05) is 36.7 Å².